The van der Waals surface area contributed by atoms with Crippen molar-refractivity contribution in [1.82, 2.24) is 14.8 Å². The maximum atomic E-state index is 12.6. The summed E-state index contributed by atoms with van der Waals surface area (Å²) in [5.74, 6) is 0.726. The number of hydrogen-bond acceptors (Lipinski definition) is 7. The molecule has 0 bridgehead atoms. The standard InChI is InChI=1S/C21H23N5O4S/c1-11-19(27)14-10-13(4-5-17(14)31(11,29)30)24-20-18-16(7-9-23-21(18)28)26(25-20)15(6-8-22)12-2-3-12/h4-5,7,9-12,15,19,27,29-30H,2-3,6H2,1H3,(H,23,28)(H,24,25)/t11-,15?,19+/m0/s1. The van der Waals surface area contributed by atoms with E-state index in [0.29, 0.717) is 45.2 Å². The lowest BCUT2D eigenvalue weighted by molar-refractivity contribution is 0.177. The number of aliphatic hydroxyl groups is 1. The number of H-pyrrole nitrogens is 1. The summed E-state index contributed by atoms with van der Waals surface area (Å²) in [5, 5.41) is 27.3. The van der Waals surface area contributed by atoms with Gasteiger partial charge in [-0.3, -0.25) is 18.6 Å². The number of rotatable bonds is 5. The smallest absolute Gasteiger partial charge is 0.261 e. The fourth-order valence-electron chi connectivity index (χ4n) is 4.37. The Morgan fingerprint density at radius 2 is 2.16 bits per heavy atom. The Labute approximate surface area is 179 Å². The number of hydrogen-bond donors (Lipinski definition) is 5. The monoisotopic (exact) mass is 441 g/mol. The zero-order valence-electron chi connectivity index (χ0n) is 16.8. The van der Waals surface area contributed by atoms with Gasteiger partial charge in [0, 0.05) is 17.4 Å². The Kier molecular flexibility index (Phi) is 4.60. The first kappa shape index (κ1) is 20.1. The van der Waals surface area contributed by atoms with Gasteiger partial charge in [-0.1, -0.05) is 0 Å². The zero-order chi connectivity index (χ0) is 21.9. The van der Waals surface area contributed by atoms with Crippen molar-refractivity contribution in [3.8, 4) is 6.07 Å². The summed E-state index contributed by atoms with van der Waals surface area (Å²) in [6.45, 7) is 1.61. The minimum atomic E-state index is -3.06. The van der Waals surface area contributed by atoms with Gasteiger partial charge in [0.2, 0.25) is 0 Å². The average molecular weight is 442 g/mol. The first-order chi connectivity index (χ1) is 14.8. The Hall–Kier alpha value is -2.84. The molecule has 0 amide bonds. The Morgan fingerprint density at radius 1 is 1.39 bits per heavy atom. The SMILES string of the molecule is C[C@H]1[C@@H](O)c2cc(Nc3nn(C(CC#N)C4CC4)c4cc[nH]c(=O)c34)ccc2S1(O)O. The molecule has 0 radical (unpaired) electrons. The molecule has 1 unspecified atom stereocenters. The molecule has 3 heterocycles. The molecule has 1 saturated carbocycles. The normalized spacial score (nSPS) is 23.8. The van der Waals surface area contributed by atoms with Crippen LogP contribution in [0.2, 0.25) is 0 Å². The highest BCUT2D eigenvalue weighted by Gasteiger charge is 2.41. The molecule has 9 nitrogen and oxygen atoms in total. The van der Waals surface area contributed by atoms with Gasteiger partial charge >= 0.3 is 0 Å². The third-order valence-corrected chi connectivity index (χ3v) is 8.60. The van der Waals surface area contributed by atoms with Gasteiger partial charge in [0.05, 0.1) is 34.2 Å². The molecule has 0 spiro atoms. The summed E-state index contributed by atoms with van der Waals surface area (Å²) >= 11 is 0. The van der Waals surface area contributed by atoms with Crippen molar-refractivity contribution in [1.29, 1.82) is 5.26 Å². The molecule has 31 heavy (non-hydrogen) atoms. The van der Waals surface area contributed by atoms with E-state index in [1.54, 1.807) is 42.1 Å². The van der Waals surface area contributed by atoms with Crippen LogP contribution in [0, 0.1) is 17.2 Å². The Bertz CT molecular complexity index is 1270. The first-order valence-corrected chi connectivity index (χ1v) is 11.8. The van der Waals surface area contributed by atoms with Crippen LogP contribution in [0.3, 0.4) is 0 Å². The number of nitriles is 1. The summed E-state index contributed by atoms with van der Waals surface area (Å²) in [7, 11) is -3.06. The van der Waals surface area contributed by atoms with E-state index in [-0.39, 0.29) is 11.6 Å². The van der Waals surface area contributed by atoms with Crippen molar-refractivity contribution in [2.45, 2.75) is 48.5 Å². The van der Waals surface area contributed by atoms with Crippen LogP contribution >= 0.6 is 10.6 Å². The van der Waals surface area contributed by atoms with E-state index < -0.39 is 21.9 Å². The lowest BCUT2D eigenvalue weighted by atomic mass is 10.1. The maximum absolute atomic E-state index is 12.6. The largest absolute Gasteiger partial charge is 0.386 e. The number of anilines is 2. The molecule has 10 heteroatoms. The van der Waals surface area contributed by atoms with Crippen molar-refractivity contribution < 1.29 is 14.2 Å². The van der Waals surface area contributed by atoms with Crippen LogP contribution in [-0.2, 0) is 0 Å². The molecule has 3 aromatic rings. The lowest BCUT2D eigenvalue weighted by Gasteiger charge is -2.33. The second kappa shape index (κ2) is 7.10. The Balaban J connectivity index is 1.58. The number of pyridine rings is 1. The van der Waals surface area contributed by atoms with Crippen LogP contribution in [0.25, 0.3) is 10.9 Å². The maximum Gasteiger partial charge on any atom is 0.261 e. The molecule has 3 atom stereocenters. The number of nitrogens with zero attached hydrogens (tertiary/aromatic N) is 3. The van der Waals surface area contributed by atoms with Gasteiger partial charge in [-0.25, -0.2) is 0 Å². The molecule has 5 N–H and O–H groups in total. The molecular formula is C21H23N5O4S. The van der Waals surface area contributed by atoms with Gasteiger partial charge in [-0.05, 0) is 49.9 Å². The summed E-state index contributed by atoms with van der Waals surface area (Å²) in [4.78, 5) is 15.6. The number of benzene rings is 1. The van der Waals surface area contributed by atoms with Crippen molar-refractivity contribution in [3.05, 3.63) is 46.4 Å². The van der Waals surface area contributed by atoms with Crippen molar-refractivity contribution in [2.24, 2.45) is 5.92 Å². The second-order valence-electron chi connectivity index (χ2n) is 8.25. The molecule has 2 aromatic heterocycles. The van der Waals surface area contributed by atoms with Gasteiger partial charge in [0.1, 0.15) is 11.5 Å². The molecular weight excluding hydrogens is 418 g/mol. The minimum absolute atomic E-state index is 0.0967. The molecule has 1 aliphatic heterocycles. The van der Waals surface area contributed by atoms with Crippen LogP contribution in [0.1, 0.15) is 43.9 Å². The van der Waals surface area contributed by atoms with Gasteiger partial charge in [0.25, 0.3) is 5.56 Å². The van der Waals surface area contributed by atoms with Gasteiger partial charge in [0.15, 0.2) is 5.82 Å². The topological polar surface area (TPSA) is 147 Å². The highest BCUT2D eigenvalue weighted by atomic mass is 32.3. The van der Waals surface area contributed by atoms with Gasteiger partial charge in [-0.2, -0.15) is 21.0 Å². The van der Waals surface area contributed by atoms with Crippen molar-refractivity contribution in [2.75, 3.05) is 5.32 Å². The fourth-order valence-corrected chi connectivity index (χ4v) is 6.07. The quantitative estimate of drug-likeness (QED) is 0.404. The van der Waals surface area contributed by atoms with Crippen LogP contribution < -0.4 is 10.9 Å². The number of aromatic nitrogens is 3. The summed E-state index contributed by atoms with van der Waals surface area (Å²) in [6.07, 6.45) is 2.96. The van der Waals surface area contributed by atoms with Crippen LogP contribution in [0.5, 0.6) is 0 Å². The molecule has 1 aromatic carbocycles. The zero-order valence-corrected chi connectivity index (χ0v) is 17.6. The first-order valence-electron chi connectivity index (χ1n) is 10.2. The second-order valence-corrected chi connectivity index (χ2v) is 10.6. The third kappa shape index (κ3) is 3.13. The average Bonchev–Trinajstić information content (AvgIpc) is 3.50. The van der Waals surface area contributed by atoms with Crippen LogP contribution in [-0.4, -0.2) is 34.2 Å². The third-order valence-electron chi connectivity index (χ3n) is 6.29. The van der Waals surface area contributed by atoms with Crippen LogP contribution in [0.15, 0.2) is 40.2 Å². The summed E-state index contributed by atoms with van der Waals surface area (Å²) < 4.78 is 22.5. The number of aromatic amines is 1. The number of nitrogens with one attached hydrogen (secondary N) is 2. The van der Waals surface area contributed by atoms with E-state index in [1.165, 1.54) is 0 Å². The molecule has 162 valence electrons. The van der Waals surface area contributed by atoms with E-state index in [2.05, 4.69) is 21.5 Å². The highest BCUT2D eigenvalue weighted by Crippen LogP contribution is 2.63. The van der Waals surface area contributed by atoms with E-state index in [9.17, 15) is 24.3 Å². The minimum Gasteiger partial charge on any atom is -0.386 e. The van der Waals surface area contributed by atoms with E-state index in [0.717, 1.165) is 12.8 Å². The van der Waals surface area contributed by atoms with Gasteiger partial charge in [-0.15, -0.1) is 0 Å². The molecule has 1 fully saturated rings. The van der Waals surface area contributed by atoms with E-state index in [1.807, 2.05) is 0 Å². The molecule has 1 aliphatic carbocycles. The predicted molar refractivity (Wildman–Crippen MR) is 118 cm³/mol. The van der Waals surface area contributed by atoms with E-state index >= 15 is 0 Å². The molecule has 0 saturated heterocycles. The summed E-state index contributed by atoms with van der Waals surface area (Å²) in [5.41, 5.74) is 1.39. The van der Waals surface area contributed by atoms with Crippen molar-refractivity contribution in [3.63, 3.8) is 0 Å². The predicted octanol–water partition coefficient (Wildman–Crippen LogP) is 3.88. The fraction of sp³-hybridized carbons (Fsp3) is 0.381. The lowest BCUT2D eigenvalue weighted by Crippen LogP contribution is -2.13. The van der Waals surface area contributed by atoms with Gasteiger partial charge < -0.3 is 15.4 Å². The summed E-state index contributed by atoms with van der Waals surface area (Å²) in [6, 6.07) is 8.84. The number of fused-ring (bicyclic) bond motifs is 2. The van der Waals surface area contributed by atoms with Crippen molar-refractivity contribution >= 4 is 33.0 Å². The Morgan fingerprint density at radius 3 is 2.87 bits per heavy atom. The number of aliphatic hydroxyl groups excluding tert-OH is 1. The highest BCUT2D eigenvalue weighted by molar-refractivity contribution is 8.25. The van der Waals surface area contributed by atoms with E-state index in [4.69, 9.17) is 0 Å². The van der Waals surface area contributed by atoms with Crippen LogP contribution in [0.4, 0.5) is 11.5 Å². The molecule has 5 rings (SSSR count). The molecule has 2 aliphatic rings.